The molecule has 1 aliphatic rings. The molecule has 0 unspecified atom stereocenters. The number of hydrogen-bond donors (Lipinski definition) is 3. The van der Waals surface area contributed by atoms with Gasteiger partial charge in [0.2, 0.25) is 0 Å². The molecule has 3 aromatic carbocycles. The molecule has 3 aromatic rings. The number of ether oxygens (including phenoxy) is 2. The van der Waals surface area contributed by atoms with Gasteiger partial charge in [0.25, 0.3) is 5.91 Å². The van der Waals surface area contributed by atoms with Gasteiger partial charge in [0.15, 0.2) is 0 Å². The second-order valence-corrected chi connectivity index (χ2v) is 9.20. The summed E-state index contributed by atoms with van der Waals surface area (Å²) in [6.45, 7) is 5.52. The Labute approximate surface area is 223 Å². The van der Waals surface area contributed by atoms with Crippen molar-refractivity contribution in [3.05, 3.63) is 83.4 Å². The van der Waals surface area contributed by atoms with Crippen molar-refractivity contribution in [3.8, 4) is 11.5 Å². The summed E-state index contributed by atoms with van der Waals surface area (Å²) in [6.07, 6.45) is 0.584. The van der Waals surface area contributed by atoms with Crippen LogP contribution in [0, 0.1) is 0 Å². The van der Waals surface area contributed by atoms with Crippen molar-refractivity contribution < 1.29 is 19.1 Å². The molecule has 0 atom stereocenters. The molecule has 4 N–H and O–H groups in total. The van der Waals surface area contributed by atoms with Crippen LogP contribution in [-0.2, 0) is 13.0 Å². The maximum absolute atomic E-state index is 12.8. The van der Waals surface area contributed by atoms with Crippen molar-refractivity contribution >= 4 is 23.3 Å². The van der Waals surface area contributed by atoms with Gasteiger partial charge in [0, 0.05) is 56.2 Å². The highest BCUT2D eigenvalue weighted by Gasteiger charge is 2.22. The summed E-state index contributed by atoms with van der Waals surface area (Å²) in [5.41, 5.74) is 9.14. The van der Waals surface area contributed by atoms with E-state index in [1.165, 1.54) is 12.7 Å². The maximum Gasteiger partial charge on any atom is 0.323 e. The highest BCUT2D eigenvalue weighted by Crippen LogP contribution is 2.32. The first-order valence-corrected chi connectivity index (χ1v) is 12.7. The van der Waals surface area contributed by atoms with Crippen LogP contribution >= 0.6 is 0 Å². The van der Waals surface area contributed by atoms with Gasteiger partial charge in [-0.05, 0) is 48.4 Å². The second kappa shape index (κ2) is 12.9. The van der Waals surface area contributed by atoms with Crippen molar-refractivity contribution in [1.29, 1.82) is 0 Å². The summed E-state index contributed by atoms with van der Waals surface area (Å²) in [4.78, 5) is 29.7. The smallest absolute Gasteiger partial charge is 0.323 e. The summed E-state index contributed by atoms with van der Waals surface area (Å²) in [6, 6.07) is 20.4. The number of carbonyl (C=O) groups excluding carboxylic acids is 2. The number of nitrogens with two attached hydrogens (primary N) is 1. The molecule has 0 bridgehead atoms. The van der Waals surface area contributed by atoms with Crippen molar-refractivity contribution in [2.45, 2.75) is 13.0 Å². The molecule has 200 valence electrons. The summed E-state index contributed by atoms with van der Waals surface area (Å²) in [5.74, 6) is 0.514. The highest BCUT2D eigenvalue weighted by atomic mass is 16.5. The average Bonchev–Trinajstić information content (AvgIpc) is 2.93. The van der Waals surface area contributed by atoms with Crippen LogP contribution in [0.3, 0.4) is 0 Å². The van der Waals surface area contributed by atoms with E-state index in [9.17, 15) is 9.59 Å². The Kier molecular flexibility index (Phi) is 9.18. The molecular formula is C29H35N5O4. The number of benzene rings is 3. The van der Waals surface area contributed by atoms with Crippen LogP contribution < -0.4 is 25.8 Å². The first-order chi connectivity index (χ1) is 18.5. The van der Waals surface area contributed by atoms with Gasteiger partial charge in [-0.2, -0.15) is 0 Å². The molecule has 1 aliphatic heterocycles. The Morgan fingerprint density at radius 1 is 0.842 bits per heavy atom. The molecule has 0 aliphatic carbocycles. The lowest BCUT2D eigenvalue weighted by Gasteiger charge is -2.35. The Hall–Kier alpha value is -4.08. The largest absolute Gasteiger partial charge is 0.497 e. The Bertz CT molecular complexity index is 1230. The summed E-state index contributed by atoms with van der Waals surface area (Å²) < 4.78 is 10.8. The van der Waals surface area contributed by atoms with E-state index < -0.39 is 11.9 Å². The van der Waals surface area contributed by atoms with Crippen LogP contribution in [0.4, 0.5) is 16.2 Å². The van der Waals surface area contributed by atoms with Crippen molar-refractivity contribution in [2.75, 3.05) is 57.6 Å². The Morgan fingerprint density at radius 3 is 2.16 bits per heavy atom. The Morgan fingerprint density at radius 2 is 1.53 bits per heavy atom. The van der Waals surface area contributed by atoms with Crippen molar-refractivity contribution in [1.82, 2.24) is 9.80 Å². The predicted molar refractivity (Wildman–Crippen MR) is 149 cm³/mol. The molecule has 9 nitrogen and oxygen atoms in total. The van der Waals surface area contributed by atoms with Gasteiger partial charge in [0.05, 0.1) is 19.8 Å². The van der Waals surface area contributed by atoms with Crippen LogP contribution in [-0.4, -0.2) is 68.7 Å². The number of hydrogen-bond acceptors (Lipinski definition) is 6. The fourth-order valence-corrected chi connectivity index (χ4v) is 4.66. The van der Waals surface area contributed by atoms with Gasteiger partial charge in [-0.1, -0.05) is 30.3 Å². The summed E-state index contributed by atoms with van der Waals surface area (Å²) in [7, 11) is 3.10. The van der Waals surface area contributed by atoms with Gasteiger partial charge in [-0.3, -0.25) is 9.69 Å². The van der Waals surface area contributed by atoms with E-state index in [1.54, 1.807) is 43.5 Å². The molecular weight excluding hydrogens is 482 g/mol. The van der Waals surface area contributed by atoms with Crippen LogP contribution in [0.15, 0.2) is 66.7 Å². The molecule has 38 heavy (non-hydrogen) atoms. The van der Waals surface area contributed by atoms with E-state index >= 15 is 0 Å². The minimum absolute atomic E-state index is 0.288. The minimum Gasteiger partial charge on any atom is -0.497 e. The number of methoxy groups -OCH3 is 2. The van der Waals surface area contributed by atoms with E-state index in [2.05, 4.69) is 44.7 Å². The molecule has 0 radical (unpaired) electrons. The van der Waals surface area contributed by atoms with E-state index in [4.69, 9.17) is 15.2 Å². The molecule has 4 rings (SSSR count). The molecule has 1 heterocycles. The number of carbonyl (C=O) groups is 2. The number of amides is 3. The van der Waals surface area contributed by atoms with E-state index in [0.717, 1.165) is 44.8 Å². The third-order valence-corrected chi connectivity index (χ3v) is 6.72. The number of primary amides is 1. The Balaban J connectivity index is 1.42. The highest BCUT2D eigenvalue weighted by molar-refractivity contribution is 6.02. The van der Waals surface area contributed by atoms with E-state index in [1.807, 2.05) is 6.07 Å². The zero-order valence-electron chi connectivity index (χ0n) is 21.9. The van der Waals surface area contributed by atoms with Crippen LogP contribution in [0.5, 0.6) is 11.5 Å². The zero-order valence-corrected chi connectivity index (χ0v) is 21.9. The lowest BCUT2D eigenvalue weighted by Crippen LogP contribution is -2.46. The number of urea groups is 1. The van der Waals surface area contributed by atoms with Gasteiger partial charge >= 0.3 is 6.03 Å². The van der Waals surface area contributed by atoms with Crippen LogP contribution in [0.1, 0.15) is 21.5 Å². The van der Waals surface area contributed by atoms with Crippen molar-refractivity contribution in [2.24, 2.45) is 5.73 Å². The molecule has 0 spiro atoms. The summed E-state index contributed by atoms with van der Waals surface area (Å²) in [5, 5.41) is 5.73. The molecule has 9 heteroatoms. The third-order valence-electron chi connectivity index (χ3n) is 6.72. The molecule has 0 saturated carbocycles. The topological polar surface area (TPSA) is 109 Å². The van der Waals surface area contributed by atoms with Gasteiger partial charge in [0.1, 0.15) is 11.5 Å². The maximum atomic E-state index is 12.8. The number of nitrogens with zero attached hydrogens (tertiary/aromatic N) is 2. The van der Waals surface area contributed by atoms with Crippen molar-refractivity contribution in [3.63, 3.8) is 0 Å². The number of piperazine rings is 1. The average molecular weight is 518 g/mol. The first kappa shape index (κ1) is 27.0. The molecule has 1 fully saturated rings. The fraction of sp³-hybridized carbons (Fsp3) is 0.310. The molecule has 0 aromatic heterocycles. The van der Waals surface area contributed by atoms with Gasteiger partial charge < -0.3 is 30.7 Å². The normalized spacial score (nSPS) is 14.1. The lowest BCUT2D eigenvalue weighted by atomic mass is 10.0. The van der Waals surface area contributed by atoms with Crippen LogP contribution in [0.2, 0.25) is 0 Å². The third kappa shape index (κ3) is 7.02. The monoisotopic (exact) mass is 517 g/mol. The number of nitrogens with one attached hydrogen (secondary N) is 2. The number of rotatable bonds is 10. The molecule has 1 saturated heterocycles. The standard InChI is InChI=1S/C29H35N5O4/c1-37-23-10-8-22(9-11-23)31-29(36)32-26-13-12-25(28(30)35)27(38-2)24(26)14-15-33-16-18-34(19-17-33)20-21-6-4-3-5-7-21/h3-13H,14-20H2,1-2H3,(H2,30,35)(H2,31,32,36). The SMILES string of the molecule is COc1ccc(NC(=O)Nc2ccc(C(N)=O)c(OC)c2CCN2CCN(Cc3ccccc3)CC2)cc1. The van der Waals surface area contributed by atoms with Crippen LogP contribution in [0.25, 0.3) is 0 Å². The van der Waals surface area contributed by atoms with E-state index in [0.29, 0.717) is 29.3 Å². The summed E-state index contributed by atoms with van der Waals surface area (Å²) >= 11 is 0. The zero-order chi connectivity index (χ0) is 26.9. The van der Waals surface area contributed by atoms with E-state index in [-0.39, 0.29) is 5.56 Å². The first-order valence-electron chi connectivity index (χ1n) is 12.7. The quantitative estimate of drug-likeness (QED) is 0.377. The predicted octanol–water partition coefficient (Wildman–Crippen LogP) is 3.81. The second-order valence-electron chi connectivity index (χ2n) is 9.20. The van der Waals surface area contributed by atoms with Gasteiger partial charge in [-0.15, -0.1) is 0 Å². The lowest BCUT2D eigenvalue weighted by molar-refractivity contribution is 0.0997. The minimum atomic E-state index is -0.577. The fourth-order valence-electron chi connectivity index (χ4n) is 4.66. The number of anilines is 2. The molecule has 3 amide bonds. The van der Waals surface area contributed by atoms with Gasteiger partial charge in [-0.25, -0.2) is 4.79 Å².